The highest BCUT2D eigenvalue weighted by Crippen LogP contribution is 2.27. The minimum atomic E-state index is 0.00543. The molecule has 0 fully saturated rings. The van der Waals surface area contributed by atoms with Crippen LogP contribution in [-0.2, 0) is 0 Å². The first-order chi connectivity index (χ1) is 9.45. The first kappa shape index (κ1) is 15.1. The second-order valence-electron chi connectivity index (χ2n) is 5.31. The van der Waals surface area contributed by atoms with Gasteiger partial charge in [0.05, 0.1) is 11.7 Å². The van der Waals surface area contributed by atoms with E-state index in [0.717, 1.165) is 28.4 Å². The van der Waals surface area contributed by atoms with Crippen LogP contribution in [-0.4, -0.2) is 15.8 Å². The summed E-state index contributed by atoms with van der Waals surface area (Å²) in [5, 5.41) is 5.41. The van der Waals surface area contributed by atoms with Crippen LogP contribution in [0.15, 0.2) is 24.3 Å². The summed E-state index contributed by atoms with van der Waals surface area (Å²) in [6, 6.07) is 7.92. The summed E-state index contributed by atoms with van der Waals surface area (Å²) in [7, 11) is 0. The number of benzene rings is 1. The van der Waals surface area contributed by atoms with Crippen molar-refractivity contribution in [3.8, 4) is 0 Å². The molecule has 0 bridgehead atoms. The van der Waals surface area contributed by atoms with Crippen molar-refractivity contribution < 1.29 is 0 Å². The molecule has 0 aliphatic heterocycles. The minimum absolute atomic E-state index is 0.00543. The van der Waals surface area contributed by atoms with E-state index in [-0.39, 0.29) is 12.1 Å². The van der Waals surface area contributed by atoms with E-state index in [1.807, 2.05) is 29.8 Å². The van der Waals surface area contributed by atoms with E-state index >= 15 is 0 Å². The fraction of sp³-hybridized carbons (Fsp3) is 0.438. The van der Waals surface area contributed by atoms with Crippen molar-refractivity contribution in [2.75, 3.05) is 0 Å². The van der Waals surface area contributed by atoms with Crippen LogP contribution in [0.1, 0.15) is 41.9 Å². The van der Waals surface area contributed by atoms with E-state index in [2.05, 4.69) is 31.9 Å². The van der Waals surface area contributed by atoms with Crippen LogP contribution >= 0.6 is 11.6 Å². The molecule has 1 aromatic carbocycles. The first-order valence-electron chi connectivity index (χ1n) is 6.99. The van der Waals surface area contributed by atoms with E-state index in [1.165, 1.54) is 5.56 Å². The van der Waals surface area contributed by atoms with Gasteiger partial charge in [-0.15, -0.1) is 0 Å². The first-order valence-corrected chi connectivity index (χ1v) is 7.36. The molecule has 1 aromatic heterocycles. The zero-order valence-electron chi connectivity index (χ0n) is 12.5. The van der Waals surface area contributed by atoms with Crippen LogP contribution in [0.5, 0.6) is 0 Å². The lowest BCUT2D eigenvalue weighted by atomic mass is 9.98. The highest BCUT2D eigenvalue weighted by molar-refractivity contribution is 6.30. The summed E-state index contributed by atoms with van der Waals surface area (Å²) in [6.07, 6.45) is 0.884. The van der Waals surface area contributed by atoms with Gasteiger partial charge in [-0.05, 0) is 50.5 Å². The van der Waals surface area contributed by atoms with Crippen molar-refractivity contribution >= 4 is 11.6 Å². The Morgan fingerprint density at radius 1 is 1.30 bits per heavy atom. The van der Waals surface area contributed by atoms with Crippen LogP contribution in [0.3, 0.4) is 0 Å². The van der Waals surface area contributed by atoms with Gasteiger partial charge in [0.1, 0.15) is 0 Å². The number of aryl methyl sites for hydroxylation is 1. The van der Waals surface area contributed by atoms with Gasteiger partial charge in [0.2, 0.25) is 0 Å². The van der Waals surface area contributed by atoms with E-state index in [0.29, 0.717) is 0 Å². The fourth-order valence-corrected chi connectivity index (χ4v) is 2.70. The van der Waals surface area contributed by atoms with Gasteiger partial charge < -0.3 is 5.73 Å². The summed E-state index contributed by atoms with van der Waals surface area (Å²) >= 11 is 6.13. The van der Waals surface area contributed by atoms with Gasteiger partial charge in [-0.2, -0.15) is 5.10 Å². The van der Waals surface area contributed by atoms with Gasteiger partial charge in [-0.1, -0.05) is 30.7 Å². The molecule has 0 aliphatic rings. The summed E-state index contributed by atoms with van der Waals surface area (Å²) in [5.74, 6) is 0. The molecule has 2 atom stereocenters. The Hall–Kier alpha value is -1.32. The Labute approximate surface area is 125 Å². The van der Waals surface area contributed by atoms with Gasteiger partial charge in [0.15, 0.2) is 0 Å². The fourth-order valence-electron chi connectivity index (χ4n) is 2.50. The van der Waals surface area contributed by atoms with Crippen molar-refractivity contribution in [2.45, 2.75) is 46.2 Å². The number of hydrogen-bond donors (Lipinski definition) is 1. The van der Waals surface area contributed by atoms with Crippen LogP contribution in [0.25, 0.3) is 0 Å². The second kappa shape index (κ2) is 5.98. The molecule has 4 heteroatoms. The molecular weight excluding hydrogens is 270 g/mol. The molecule has 0 saturated carbocycles. The van der Waals surface area contributed by atoms with Gasteiger partial charge in [-0.25, -0.2) is 0 Å². The molecule has 108 valence electrons. The van der Waals surface area contributed by atoms with E-state index in [9.17, 15) is 0 Å². The number of aromatic nitrogens is 2. The van der Waals surface area contributed by atoms with E-state index in [1.54, 1.807) is 0 Å². The van der Waals surface area contributed by atoms with E-state index < -0.39 is 0 Å². The third-order valence-electron chi connectivity index (χ3n) is 4.02. The maximum atomic E-state index is 6.36. The number of nitrogens with two attached hydrogens (primary N) is 1. The summed E-state index contributed by atoms with van der Waals surface area (Å²) < 4.78 is 2.05. The molecule has 0 radical (unpaired) electrons. The second-order valence-corrected chi connectivity index (χ2v) is 5.75. The van der Waals surface area contributed by atoms with Crippen LogP contribution < -0.4 is 5.73 Å². The lowest BCUT2D eigenvalue weighted by Crippen LogP contribution is -2.33. The lowest BCUT2D eigenvalue weighted by Gasteiger charge is -2.25. The number of nitrogens with zero attached hydrogens (tertiary/aromatic N) is 2. The summed E-state index contributed by atoms with van der Waals surface area (Å²) in [5.41, 5.74) is 10.9. The Bertz CT molecular complexity index is 604. The third-order valence-corrected chi connectivity index (χ3v) is 4.25. The average Bonchev–Trinajstić information content (AvgIpc) is 2.67. The van der Waals surface area contributed by atoms with Crippen molar-refractivity contribution in [1.82, 2.24) is 9.78 Å². The standard InChI is InChI=1S/C16H22ClN3/c1-5-15(18)16(13-7-6-8-14(17)9-13)20-12(4)10(2)11(3)19-20/h6-9,15-16H,5,18H2,1-4H3. The van der Waals surface area contributed by atoms with E-state index in [4.69, 9.17) is 17.3 Å². The Balaban J connectivity index is 2.56. The third kappa shape index (κ3) is 2.74. The van der Waals surface area contributed by atoms with Crippen molar-refractivity contribution in [1.29, 1.82) is 0 Å². The van der Waals surface area contributed by atoms with Gasteiger partial charge >= 0.3 is 0 Å². The molecule has 0 amide bonds. The van der Waals surface area contributed by atoms with Gasteiger partial charge in [-0.3, -0.25) is 4.68 Å². The number of halogens is 1. The Morgan fingerprint density at radius 3 is 2.50 bits per heavy atom. The van der Waals surface area contributed by atoms with Crippen LogP contribution in [0.2, 0.25) is 5.02 Å². The molecule has 3 nitrogen and oxygen atoms in total. The number of hydrogen-bond acceptors (Lipinski definition) is 2. The molecule has 2 aromatic rings. The predicted octanol–water partition coefficient (Wildman–Crippen LogP) is 3.79. The molecule has 2 N–H and O–H groups in total. The van der Waals surface area contributed by atoms with Crippen LogP contribution in [0.4, 0.5) is 0 Å². The summed E-state index contributed by atoms with van der Waals surface area (Å²) in [6.45, 7) is 8.32. The van der Waals surface area contributed by atoms with Crippen LogP contribution in [0, 0.1) is 20.8 Å². The molecule has 20 heavy (non-hydrogen) atoms. The Morgan fingerprint density at radius 2 is 2.00 bits per heavy atom. The normalized spacial score (nSPS) is 14.3. The lowest BCUT2D eigenvalue weighted by molar-refractivity contribution is 0.415. The molecular formula is C16H22ClN3. The highest BCUT2D eigenvalue weighted by Gasteiger charge is 2.24. The zero-order chi connectivity index (χ0) is 14.9. The number of rotatable bonds is 4. The maximum absolute atomic E-state index is 6.36. The van der Waals surface area contributed by atoms with Crippen molar-refractivity contribution in [2.24, 2.45) is 5.73 Å². The topological polar surface area (TPSA) is 43.8 Å². The van der Waals surface area contributed by atoms with Gasteiger partial charge in [0.25, 0.3) is 0 Å². The monoisotopic (exact) mass is 291 g/mol. The quantitative estimate of drug-likeness (QED) is 0.931. The minimum Gasteiger partial charge on any atom is -0.326 e. The smallest absolute Gasteiger partial charge is 0.0922 e. The van der Waals surface area contributed by atoms with Gasteiger partial charge in [0, 0.05) is 16.8 Å². The molecule has 1 heterocycles. The zero-order valence-corrected chi connectivity index (χ0v) is 13.3. The highest BCUT2D eigenvalue weighted by atomic mass is 35.5. The Kier molecular flexibility index (Phi) is 4.51. The molecule has 2 unspecified atom stereocenters. The summed E-state index contributed by atoms with van der Waals surface area (Å²) in [4.78, 5) is 0. The predicted molar refractivity (Wildman–Crippen MR) is 84.3 cm³/mol. The van der Waals surface area contributed by atoms with Crippen molar-refractivity contribution in [3.63, 3.8) is 0 Å². The molecule has 0 spiro atoms. The van der Waals surface area contributed by atoms with Crippen molar-refractivity contribution in [3.05, 3.63) is 51.8 Å². The molecule has 0 saturated heterocycles. The molecule has 0 aliphatic carbocycles. The largest absolute Gasteiger partial charge is 0.326 e. The molecule has 2 rings (SSSR count). The maximum Gasteiger partial charge on any atom is 0.0922 e. The SMILES string of the molecule is CCC(N)C(c1cccc(Cl)c1)n1nc(C)c(C)c1C. The average molecular weight is 292 g/mol.